The number of carbonyl (C=O) groups is 1. The summed E-state index contributed by atoms with van der Waals surface area (Å²) in [6.45, 7) is 2.32. The van der Waals surface area contributed by atoms with Crippen LogP contribution in [0, 0.1) is 6.92 Å². The molecule has 0 saturated heterocycles. The Bertz CT molecular complexity index is 595. The number of nitrogen functional groups attached to an aromatic ring is 1. The third-order valence-electron chi connectivity index (χ3n) is 2.63. The average molecular weight is 277 g/mol. The number of aromatic nitrogens is 1. The molecule has 0 unspecified atom stereocenters. The van der Waals surface area contributed by atoms with Gasteiger partial charge in [-0.1, -0.05) is 6.07 Å². The standard InChI is InChI=1S/C13H15N3O2S/c1-8-16-9(7-19-8)6-15-13(17)10-4-3-5-11(18-2)12(10)14/h3-5,7H,6,14H2,1-2H3,(H,15,17). The monoisotopic (exact) mass is 277 g/mol. The Labute approximate surface area is 115 Å². The van der Waals surface area contributed by atoms with Crippen molar-refractivity contribution in [2.24, 2.45) is 0 Å². The molecular formula is C13H15N3O2S. The molecule has 0 saturated carbocycles. The summed E-state index contributed by atoms with van der Waals surface area (Å²) in [5, 5.41) is 5.69. The van der Waals surface area contributed by atoms with Gasteiger partial charge in [-0.25, -0.2) is 4.98 Å². The van der Waals surface area contributed by atoms with Gasteiger partial charge >= 0.3 is 0 Å². The second-order valence-corrected chi connectivity index (χ2v) is 5.02. The molecule has 0 aliphatic heterocycles. The fraction of sp³-hybridized carbons (Fsp3) is 0.231. The van der Waals surface area contributed by atoms with Gasteiger partial charge in [0.25, 0.3) is 5.91 Å². The molecule has 0 atom stereocenters. The summed E-state index contributed by atoms with van der Waals surface area (Å²) in [4.78, 5) is 16.3. The van der Waals surface area contributed by atoms with E-state index in [0.717, 1.165) is 10.7 Å². The largest absolute Gasteiger partial charge is 0.495 e. The maximum Gasteiger partial charge on any atom is 0.253 e. The molecular weight excluding hydrogens is 262 g/mol. The fourth-order valence-corrected chi connectivity index (χ4v) is 2.29. The Morgan fingerprint density at radius 2 is 2.32 bits per heavy atom. The number of nitrogens with zero attached hydrogens (tertiary/aromatic N) is 1. The lowest BCUT2D eigenvalue weighted by Gasteiger charge is -2.09. The van der Waals surface area contributed by atoms with Crippen molar-refractivity contribution in [3.63, 3.8) is 0 Å². The first-order valence-corrected chi connectivity index (χ1v) is 6.61. The van der Waals surface area contributed by atoms with Gasteiger partial charge in [0.1, 0.15) is 5.75 Å². The first kappa shape index (κ1) is 13.4. The van der Waals surface area contributed by atoms with E-state index in [4.69, 9.17) is 10.5 Å². The van der Waals surface area contributed by atoms with Crippen LogP contribution in [0.2, 0.25) is 0 Å². The van der Waals surface area contributed by atoms with Crippen molar-refractivity contribution < 1.29 is 9.53 Å². The number of benzene rings is 1. The van der Waals surface area contributed by atoms with Crippen LogP contribution < -0.4 is 15.8 Å². The van der Waals surface area contributed by atoms with Gasteiger partial charge in [-0.05, 0) is 19.1 Å². The van der Waals surface area contributed by atoms with E-state index in [9.17, 15) is 4.79 Å². The topological polar surface area (TPSA) is 77.2 Å². The predicted octanol–water partition coefficient (Wildman–Crippen LogP) is 1.97. The molecule has 0 bridgehead atoms. The molecule has 0 radical (unpaired) electrons. The average Bonchev–Trinajstić information content (AvgIpc) is 2.82. The molecule has 0 fully saturated rings. The molecule has 19 heavy (non-hydrogen) atoms. The van der Waals surface area contributed by atoms with Crippen molar-refractivity contribution in [1.29, 1.82) is 0 Å². The number of para-hydroxylation sites is 1. The number of methoxy groups -OCH3 is 1. The second-order valence-electron chi connectivity index (χ2n) is 3.96. The molecule has 2 rings (SSSR count). The quantitative estimate of drug-likeness (QED) is 0.838. The second kappa shape index (κ2) is 5.71. The molecule has 1 aromatic heterocycles. The SMILES string of the molecule is COc1cccc(C(=O)NCc2csc(C)n2)c1N. The number of thiazole rings is 1. The number of anilines is 1. The minimum Gasteiger partial charge on any atom is -0.495 e. The fourth-order valence-electron chi connectivity index (χ4n) is 1.68. The van der Waals surface area contributed by atoms with E-state index in [1.807, 2.05) is 12.3 Å². The highest BCUT2D eigenvalue weighted by molar-refractivity contribution is 7.09. The van der Waals surface area contributed by atoms with Gasteiger partial charge in [-0.15, -0.1) is 11.3 Å². The molecule has 2 aromatic rings. The normalized spacial score (nSPS) is 10.2. The number of aryl methyl sites for hydroxylation is 1. The van der Waals surface area contributed by atoms with Crippen LogP contribution in [0.1, 0.15) is 21.1 Å². The Kier molecular flexibility index (Phi) is 4.01. The smallest absolute Gasteiger partial charge is 0.253 e. The molecule has 0 aliphatic carbocycles. The van der Waals surface area contributed by atoms with Gasteiger partial charge in [-0.2, -0.15) is 0 Å². The number of hydrogen-bond donors (Lipinski definition) is 2. The maximum atomic E-state index is 12.0. The summed E-state index contributed by atoms with van der Waals surface area (Å²) in [7, 11) is 1.52. The molecule has 1 heterocycles. The summed E-state index contributed by atoms with van der Waals surface area (Å²) >= 11 is 1.55. The molecule has 1 amide bonds. The lowest BCUT2D eigenvalue weighted by molar-refractivity contribution is 0.0951. The van der Waals surface area contributed by atoms with Gasteiger partial charge in [0.15, 0.2) is 0 Å². The van der Waals surface area contributed by atoms with Gasteiger partial charge in [0.2, 0.25) is 0 Å². The van der Waals surface area contributed by atoms with Crippen LogP contribution in [0.5, 0.6) is 5.75 Å². The first-order chi connectivity index (χ1) is 9.11. The molecule has 0 aliphatic rings. The van der Waals surface area contributed by atoms with Crippen LogP contribution in [-0.2, 0) is 6.54 Å². The highest BCUT2D eigenvalue weighted by atomic mass is 32.1. The number of ether oxygens (including phenoxy) is 1. The lowest BCUT2D eigenvalue weighted by Crippen LogP contribution is -2.24. The molecule has 3 N–H and O–H groups in total. The maximum absolute atomic E-state index is 12.0. The van der Waals surface area contributed by atoms with Crippen molar-refractivity contribution in [3.05, 3.63) is 39.8 Å². The highest BCUT2D eigenvalue weighted by Crippen LogP contribution is 2.24. The molecule has 100 valence electrons. The summed E-state index contributed by atoms with van der Waals surface area (Å²) in [6, 6.07) is 5.12. The van der Waals surface area contributed by atoms with Gasteiger partial charge in [-0.3, -0.25) is 4.79 Å². The summed E-state index contributed by atoms with van der Waals surface area (Å²) in [6.07, 6.45) is 0. The minimum atomic E-state index is -0.234. The third kappa shape index (κ3) is 3.03. The number of nitrogens with one attached hydrogen (secondary N) is 1. The van der Waals surface area contributed by atoms with Gasteiger partial charge < -0.3 is 15.8 Å². The zero-order valence-corrected chi connectivity index (χ0v) is 11.6. The Balaban J connectivity index is 2.08. The lowest BCUT2D eigenvalue weighted by atomic mass is 10.1. The summed E-state index contributed by atoms with van der Waals surface area (Å²) < 4.78 is 5.09. The van der Waals surface area contributed by atoms with E-state index in [1.54, 1.807) is 29.5 Å². The molecule has 0 spiro atoms. The number of rotatable bonds is 4. The van der Waals surface area contributed by atoms with Crippen LogP contribution in [0.25, 0.3) is 0 Å². The van der Waals surface area contributed by atoms with E-state index in [-0.39, 0.29) is 5.91 Å². The van der Waals surface area contributed by atoms with Crippen LogP contribution in [0.3, 0.4) is 0 Å². The van der Waals surface area contributed by atoms with Crippen LogP contribution in [-0.4, -0.2) is 18.0 Å². The summed E-state index contributed by atoms with van der Waals surface area (Å²) in [5.74, 6) is 0.263. The van der Waals surface area contributed by atoms with Crippen LogP contribution in [0.4, 0.5) is 5.69 Å². The molecule has 5 nitrogen and oxygen atoms in total. The Morgan fingerprint density at radius 1 is 1.53 bits per heavy atom. The molecule has 6 heteroatoms. The first-order valence-electron chi connectivity index (χ1n) is 5.73. The van der Waals surface area contributed by atoms with Crippen molar-refractivity contribution in [2.75, 3.05) is 12.8 Å². The molecule has 1 aromatic carbocycles. The number of amides is 1. The Hall–Kier alpha value is -2.08. The van der Waals surface area contributed by atoms with E-state index in [0.29, 0.717) is 23.5 Å². The van der Waals surface area contributed by atoms with Crippen molar-refractivity contribution >= 4 is 22.9 Å². The van der Waals surface area contributed by atoms with E-state index in [1.165, 1.54) is 7.11 Å². The Morgan fingerprint density at radius 3 is 2.95 bits per heavy atom. The van der Waals surface area contributed by atoms with E-state index >= 15 is 0 Å². The van der Waals surface area contributed by atoms with E-state index in [2.05, 4.69) is 10.3 Å². The van der Waals surface area contributed by atoms with Crippen molar-refractivity contribution in [3.8, 4) is 5.75 Å². The zero-order chi connectivity index (χ0) is 13.8. The van der Waals surface area contributed by atoms with Crippen molar-refractivity contribution in [1.82, 2.24) is 10.3 Å². The van der Waals surface area contributed by atoms with Gasteiger partial charge in [0, 0.05) is 5.38 Å². The number of nitrogens with two attached hydrogens (primary N) is 1. The van der Waals surface area contributed by atoms with E-state index < -0.39 is 0 Å². The number of carbonyl (C=O) groups excluding carboxylic acids is 1. The highest BCUT2D eigenvalue weighted by Gasteiger charge is 2.13. The number of hydrogen-bond acceptors (Lipinski definition) is 5. The predicted molar refractivity (Wildman–Crippen MR) is 75.4 cm³/mol. The van der Waals surface area contributed by atoms with Crippen LogP contribution >= 0.6 is 11.3 Å². The summed E-state index contributed by atoms with van der Waals surface area (Å²) in [5.41, 5.74) is 7.47. The minimum absolute atomic E-state index is 0.234. The zero-order valence-electron chi connectivity index (χ0n) is 10.8. The third-order valence-corrected chi connectivity index (χ3v) is 3.45. The van der Waals surface area contributed by atoms with Crippen LogP contribution in [0.15, 0.2) is 23.6 Å². The van der Waals surface area contributed by atoms with Crippen molar-refractivity contribution in [2.45, 2.75) is 13.5 Å². The van der Waals surface area contributed by atoms with Gasteiger partial charge in [0.05, 0.1) is 35.6 Å².